The molecule has 5 aromatic rings. The van der Waals surface area contributed by atoms with Crippen molar-refractivity contribution in [3.63, 3.8) is 0 Å². The molecule has 0 saturated heterocycles. The average Bonchev–Trinajstić information content (AvgIpc) is 3.47. The van der Waals surface area contributed by atoms with E-state index in [1.807, 2.05) is 38.1 Å². The van der Waals surface area contributed by atoms with Crippen LogP contribution in [0.3, 0.4) is 0 Å². The number of benzene rings is 1. The third-order valence-electron chi connectivity index (χ3n) is 6.09. The highest BCUT2D eigenvalue weighted by atomic mass is 19.1. The molecule has 0 spiro atoms. The summed E-state index contributed by atoms with van der Waals surface area (Å²) in [6.45, 7) is 3.38. The van der Waals surface area contributed by atoms with Gasteiger partial charge in [-0.25, -0.2) is 24.3 Å². The van der Waals surface area contributed by atoms with Gasteiger partial charge in [-0.15, -0.1) is 0 Å². The third-order valence-corrected chi connectivity index (χ3v) is 6.09. The Labute approximate surface area is 212 Å². The molecular weight excluding hydrogens is 471 g/mol. The van der Waals surface area contributed by atoms with Crippen LogP contribution >= 0.6 is 0 Å². The van der Waals surface area contributed by atoms with Crippen LogP contribution in [0.4, 0.5) is 10.1 Å². The van der Waals surface area contributed by atoms with Crippen LogP contribution in [-0.4, -0.2) is 73.4 Å². The number of aromatic amines is 2. The maximum absolute atomic E-state index is 14.5. The number of likely N-dealkylation sites (N-methyl/N-ethyl adjacent to an activating group) is 1. The summed E-state index contributed by atoms with van der Waals surface area (Å²) in [5, 5.41) is 19.5. The zero-order chi connectivity index (χ0) is 25.9. The van der Waals surface area contributed by atoms with Gasteiger partial charge >= 0.3 is 0 Å². The van der Waals surface area contributed by atoms with Gasteiger partial charge in [0.25, 0.3) is 0 Å². The lowest BCUT2D eigenvalue weighted by molar-refractivity contribution is 0.425. The molecule has 0 bridgehead atoms. The predicted octanol–water partition coefficient (Wildman–Crippen LogP) is 4.01. The van der Waals surface area contributed by atoms with Gasteiger partial charge in [0, 0.05) is 60.4 Å². The van der Waals surface area contributed by atoms with Crippen LogP contribution in [0, 0.1) is 18.2 Å². The first-order chi connectivity index (χ1) is 17.9. The van der Waals surface area contributed by atoms with E-state index in [4.69, 9.17) is 10.4 Å². The zero-order valence-corrected chi connectivity index (χ0v) is 20.7. The van der Waals surface area contributed by atoms with Gasteiger partial charge in [0.2, 0.25) is 0 Å². The van der Waals surface area contributed by atoms with Crippen LogP contribution < -0.4 is 5.32 Å². The lowest BCUT2D eigenvalue weighted by Gasteiger charge is -2.15. The van der Waals surface area contributed by atoms with Gasteiger partial charge in [0.05, 0.1) is 17.0 Å². The summed E-state index contributed by atoms with van der Waals surface area (Å²) in [5.74, 6) is -0.335. The number of imidazole rings is 1. The van der Waals surface area contributed by atoms with Crippen molar-refractivity contribution >= 4 is 22.9 Å². The van der Waals surface area contributed by atoms with Crippen LogP contribution in [0.15, 0.2) is 49.2 Å². The molecular formula is C26H27FN10. The number of nitrogens with one attached hydrogen (secondary N) is 4. The highest BCUT2D eigenvalue weighted by molar-refractivity contribution is 5.91. The number of halogens is 1. The second-order valence-electron chi connectivity index (χ2n) is 9.06. The fourth-order valence-corrected chi connectivity index (χ4v) is 4.23. The van der Waals surface area contributed by atoms with E-state index in [1.165, 1.54) is 24.7 Å². The summed E-state index contributed by atoms with van der Waals surface area (Å²) in [4.78, 5) is 22.8. The van der Waals surface area contributed by atoms with E-state index in [2.05, 4.69) is 35.5 Å². The molecule has 0 radical (unpaired) electrons. The Balaban J connectivity index is 1.49. The van der Waals surface area contributed by atoms with Crippen molar-refractivity contribution in [1.82, 2.24) is 40.0 Å². The van der Waals surface area contributed by atoms with E-state index in [9.17, 15) is 4.39 Å². The van der Waals surface area contributed by atoms with Gasteiger partial charge in [-0.05, 0) is 50.8 Å². The Hall–Kier alpha value is -4.51. The summed E-state index contributed by atoms with van der Waals surface area (Å²) < 4.78 is 14.5. The fraction of sp³-hybridized carbons (Fsp3) is 0.231. The molecule has 0 aliphatic carbocycles. The zero-order valence-electron chi connectivity index (χ0n) is 20.7. The van der Waals surface area contributed by atoms with Crippen LogP contribution in [0.1, 0.15) is 22.9 Å². The molecule has 1 unspecified atom stereocenters. The Morgan fingerprint density at radius 3 is 2.68 bits per heavy atom. The SMILES string of the molecule is Cc1[nH]c(-c2[nH]nc3ncc(-c4cncnc4)cc23)nc1C(C=N)c1cc(F)cc(NCCN(C)C)c1. The number of aryl methyl sites for hydroxylation is 1. The van der Waals surface area contributed by atoms with Crippen molar-refractivity contribution < 1.29 is 4.39 Å². The Morgan fingerprint density at radius 2 is 1.92 bits per heavy atom. The van der Waals surface area contributed by atoms with E-state index < -0.39 is 5.92 Å². The fourth-order valence-electron chi connectivity index (χ4n) is 4.23. The maximum atomic E-state index is 14.5. The molecule has 188 valence electrons. The van der Waals surface area contributed by atoms with Gasteiger partial charge in [0.15, 0.2) is 11.5 Å². The number of pyridine rings is 1. The second-order valence-corrected chi connectivity index (χ2v) is 9.06. The monoisotopic (exact) mass is 498 g/mol. The topological polar surface area (TPSA) is 135 Å². The van der Waals surface area contributed by atoms with Crippen molar-refractivity contribution in [2.24, 2.45) is 0 Å². The van der Waals surface area contributed by atoms with Crippen molar-refractivity contribution in [1.29, 1.82) is 5.41 Å². The number of rotatable bonds is 9. The quantitative estimate of drug-likeness (QED) is 0.226. The number of nitrogens with zero attached hydrogens (tertiary/aromatic N) is 6. The summed E-state index contributed by atoms with van der Waals surface area (Å²) in [6, 6.07) is 6.74. The molecule has 0 amide bonds. The smallest absolute Gasteiger partial charge is 0.181 e. The van der Waals surface area contributed by atoms with E-state index in [1.54, 1.807) is 18.6 Å². The molecule has 37 heavy (non-hydrogen) atoms. The van der Waals surface area contributed by atoms with Crippen molar-refractivity contribution in [3.8, 4) is 22.6 Å². The van der Waals surface area contributed by atoms with E-state index in [0.29, 0.717) is 40.7 Å². The highest BCUT2D eigenvalue weighted by Gasteiger charge is 2.22. The van der Waals surface area contributed by atoms with Crippen LogP contribution in [0.25, 0.3) is 33.7 Å². The number of aromatic nitrogens is 7. The largest absolute Gasteiger partial charge is 0.384 e. The van der Waals surface area contributed by atoms with E-state index in [-0.39, 0.29) is 5.82 Å². The first-order valence-electron chi connectivity index (χ1n) is 11.8. The molecule has 1 atom stereocenters. The molecule has 0 aliphatic rings. The maximum Gasteiger partial charge on any atom is 0.181 e. The normalized spacial score (nSPS) is 12.2. The van der Waals surface area contributed by atoms with Gasteiger partial charge in [0.1, 0.15) is 17.8 Å². The van der Waals surface area contributed by atoms with Crippen LogP contribution in [0.5, 0.6) is 0 Å². The Morgan fingerprint density at radius 1 is 1.11 bits per heavy atom. The summed E-state index contributed by atoms with van der Waals surface area (Å²) in [6.07, 6.45) is 7.94. The molecule has 0 aliphatic heterocycles. The molecule has 0 saturated carbocycles. The van der Waals surface area contributed by atoms with Gasteiger partial charge < -0.3 is 20.6 Å². The highest BCUT2D eigenvalue weighted by Crippen LogP contribution is 2.32. The number of H-pyrrole nitrogens is 2. The summed E-state index contributed by atoms with van der Waals surface area (Å²) in [5.41, 5.74) is 5.64. The Bertz CT molecular complexity index is 1540. The van der Waals surface area contributed by atoms with Crippen molar-refractivity contribution in [3.05, 3.63) is 72.0 Å². The molecule has 0 fully saturated rings. The standard InChI is InChI=1S/C26H27FN10/c1-15-23(22(10-28)16-6-19(27)9-20(7-16)31-4-5-37(2)3)34-26(33-15)24-21-8-17(13-32-25(21)36-35-24)18-11-29-14-30-12-18/h6-14,22,28,31H,4-5H2,1-3H3,(H,33,34)(H,32,35,36). The first kappa shape index (κ1) is 24.2. The van der Waals surface area contributed by atoms with Crippen LogP contribution in [0.2, 0.25) is 0 Å². The summed E-state index contributed by atoms with van der Waals surface area (Å²) in [7, 11) is 3.97. The number of fused-ring (bicyclic) bond motifs is 1. The lowest BCUT2D eigenvalue weighted by Crippen LogP contribution is -2.21. The Kier molecular flexibility index (Phi) is 6.69. The molecule has 1 aromatic carbocycles. The predicted molar refractivity (Wildman–Crippen MR) is 141 cm³/mol. The van der Waals surface area contributed by atoms with E-state index >= 15 is 0 Å². The number of hydrogen-bond acceptors (Lipinski definition) is 8. The molecule has 5 rings (SSSR count). The third kappa shape index (κ3) is 5.07. The van der Waals surface area contributed by atoms with Gasteiger partial charge in [-0.2, -0.15) is 5.10 Å². The lowest BCUT2D eigenvalue weighted by atomic mass is 9.95. The molecule has 4 heterocycles. The molecule has 4 aromatic heterocycles. The van der Waals surface area contributed by atoms with Crippen molar-refractivity contribution in [2.45, 2.75) is 12.8 Å². The molecule has 11 heteroatoms. The minimum absolute atomic E-state index is 0.367. The van der Waals surface area contributed by atoms with Gasteiger partial charge in [-0.3, -0.25) is 5.10 Å². The molecule has 4 N–H and O–H groups in total. The first-order valence-corrected chi connectivity index (χ1v) is 11.8. The van der Waals surface area contributed by atoms with Crippen LogP contribution in [-0.2, 0) is 0 Å². The summed E-state index contributed by atoms with van der Waals surface area (Å²) >= 11 is 0. The van der Waals surface area contributed by atoms with Crippen molar-refractivity contribution in [2.75, 3.05) is 32.5 Å². The minimum atomic E-state index is -0.528. The second kappa shape index (κ2) is 10.2. The molecule has 10 nitrogen and oxygen atoms in total. The minimum Gasteiger partial charge on any atom is -0.384 e. The van der Waals surface area contributed by atoms with E-state index in [0.717, 1.165) is 28.8 Å². The number of anilines is 1. The average molecular weight is 499 g/mol. The number of hydrogen-bond donors (Lipinski definition) is 4. The van der Waals surface area contributed by atoms with Gasteiger partial charge in [-0.1, -0.05) is 0 Å².